The van der Waals surface area contributed by atoms with Crippen LogP contribution in [0.15, 0.2) is 30.3 Å². The molecule has 3 amide bonds. The predicted molar refractivity (Wildman–Crippen MR) is 133 cm³/mol. The second kappa shape index (κ2) is 16.6. The number of nitrogens with one attached hydrogen (secondary N) is 3. The van der Waals surface area contributed by atoms with E-state index in [-0.39, 0.29) is 6.42 Å². The Hall–Kier alpha value is -3.02. The fraction of sp³-hybridized carbons (Fsp3) is 0.583. The Morgan fingerprint density at radius 3 is 1.89 bits per heavy atom. The number of unbranched alkanes of at least 4 members (excludes halogenated alkanes) is 2. The van der Waals surface area contributed by atoms with Gasteiger partial charge in [-0.25, -0.2) is 4.79 Å². The first-order valence-corrected chi connectivity index (χ1v) is 12.0. The van der Waals surface area contributed by atoms with Crippen molar-refractivity contribution in [3.05, 3.63) is 35.9 Å². The Labute approximate surface area is 206 Å². The van der Waals surface area contributed by atoms with E-state index in [0.29, 0.717) is 51.6 Å². The third-order valence-corrected chi connectivity index (χ3v) is 5.53. The maximum atomic E-state index is 12.9. The van der Waals surface area contributed by atoms with Gasteiger partial charge in [-0.3, -0.25) is 14.4 Å². The van der Waals surface area contributed by atoms with E-state index in [4.69, 9.17) is 17.2 Å². The van der Waals surface area contributed by atoms with Crippen LogP contribution in [-0.2, 0) is 25.6 Å². The molecule has 1 aromatic rings. The molecule has 0 aliphatic rings. The van der Waals surface area contributed by atoms with Crippen molar-refractivity contribution in [1.82, 2.24) is 16.0 Å². The minimum Gasteiger partial charge on any atom is -0.480 e. The lowest BCUT2D eigenvalue weighted by Crippen LogP contribution is -2.56. The quantitative estimate of drug-likeness (QED) is 0.139. The van der Waals surface area contributed by atoms with E-state index in [2.05, 4.69) is 16.0 Å². The van der Waals surface area contributed by atoms with Gasteiger partial charge in [-0.1, -0.05) is 30.3 Å². The first-order chi connectivity index (χ1) is 16.7. The van der Waals surface area contributed by atoms with Crippen molar-refractivity contribution in [3.63, 3.8) is 0 Å². The lowest BCUT2D eigenvalue weighted by molar-refractivity contribution is -0.142. The minimum absolute atomic E-state index is 0.232. The molecule has 0 saturated heterocycles. The largest absolute Gasteiger partial charge is 0.480 e. The van der Waals surface area contributed by atoms with Gasteiger partial charge in [0.1, 0.15) is 18.1 Å². The van der Waals surface area contributed by atoms with Gasteiger partial charge in [-0.15, -0.1) is 0 Å². The van der Waals surface area contributed by atoms with E-state index >= 15 is 0 Å². The molecule has 0 aliphatic heterocycles. The summed E-state index contributed by atoms with van der Waals surface area (Å²) >= 11 is 0. The standard InChI is InChI=1S/C24H40N6O5/c1-16(21(31)30-20(24(34)35)12-6-8-14-26)28-23(33)19(11-5-7-13-25)29-22(32)18(27)15-17-9-3-2-4-10-17/h2-4,9-10,16,18-20H,5-8,11-15,25-27H2,1H3,(H,28,33)(H,29,32)(H,30,31)(H,34,35). The van der Waals surface area contributed by atoms with Crippen LogP contribution >= 0.6 is 0 Å². The summed E-state index contributed by atoms with van der Waals surface area (Å²) in [6.45, 7) is 2.32. The molecule has 4 unspecified atom stereocenters. The summed E-state index contributed by atoms with van der Waals surface area (Å²) in [5, 5.41) is 17.0. The molecule has 0 spiro atoms. The smallest absolute Gasteiger partial charge is 0.326 e. The Morgan fingerprint density at radius 1 is 0.800 bits per heavy atom. The monoisotopic (exact) mass is 492 g/mol. The molecular weight excluding hydrogens is 452 g/mol. The third-order valence-electron chi connectivity index (χ3n) is 5.53. The number of hydrogen-bond acceptors (Lipinski definition) is 7. The van der Waals surface area contributed by atoms with Crippen LogP contribution < -0.4 is 33.2 Å². The molecular formula is C24H40N6O5. The minimum atomic E-state index is -1.16. The lowest BCUT2D eigenvalue weighted by atomic mass is 10.0. The number of carboxylic acids is 1. The number of nitrogens with two attached hydrogens (primary N) is 3. The van der Waals surface area contributed by atoms with Gasteiger partial charge >= 0.3 is 5.97 Å². The lowest BCUT2D eigenvalue weighted by Gasteiger charge is -2.23. The topological polar surface area (TPSA) is 203 Å². The molecule has 11 nitrogen and oxygen atoms in total. The zero-order chi connectivity index (χ0) is 26.2. The van der Waals surface area contributed by atoms with Gasteiger partial charge in [0.15, 0.2) is 0 Å². The SMILES string of the molecule is CC(NC(=O)C(CCCCN)NC(=O)C(N)Cc1ccccc1)C(=O)NC(CCCCN)C(=O)O. The van der Waals surface area contributed by atoms with Crippen LogP contribution in [0.4, 0.5) is 0 Å². The highest BCUT2D eigenvalue weighted by Crippen LogP contribution is 2.06. The molecule has 1 rings (SSSR count). The molecule has 1 aromatic carbocycles. The Balaban J connectivity index is 2.74. The van der Waals surface area contributed by atoms with Crippen LogP contribution in [0.2, 0.25) is 0 Å². The van der Waals surface area contributed by atoms with E-state index in [1.165, 1.54) is 6.92 Å². The van der Waals surface area contributed by atoms with Crippen molar-refractivity contribution in [3.8, 4) is 0 Å². The van der Waals surface area contributed by atoms with Crippen molar-refractivity contribution in [2.45, 2.75) is 76.0 Å². The fourth-order valence-electron chi connectivity index (χ4n) is 3.43. The van der Waals surface area contributed by atoms with Crippen LogP contribution in [-0.4, -0.2) is 66.1 Å². The second-order valence-electron chi connectivity index (χ2n) is 8.56. The van der Waals surface area contributed by atoms with E-state index in [9.17, 15) is 24.3 Å². The number of rotatable bonds is 17. The van der Waals surface area contributed by atoms with Crippen LogP contribution in [0.1, 0.15) is 51.0 Å². The number of amides is 3. The predicted octanol–water partition coefficient (Wildman–Crippen LogP) is -0.627. The van der Waals surface area contributed by atoms with E-state index in [0.717, 1.165) is 5.56 Å². The van der Waals surface area contributed by atoms with Crippen molar-refractivity contribution in [2.75, 3.05) is 13.1 Å². The maximum absolute atomic E-state index is 12.9. The third kappa shape index (κ3) is 11.8. The molecule has 196 valence electrons. The highest BCUT2D eigenvalue weighted by Gasteiger charge is 2.28. The average Bonchev–Trinajstić information content (AvgIpc) is 2.83. The zero-order valence-electron chi connectivity index (χ0n) is 20.4. The van der Waals surface area contributed by atoms with Crippen molar-refractivity contribution < 1.29 is 24.3 Å². The van der Waals surface area contributed by atoms with Gasteiger partial charge in [0.05, 0.1) is 6.04 Å². The van der Waals surface area contributed by atoms with Crippen LogP contribution in [0, 0.1) is 0 Å². The molecule has 4 atom stereocenters. The highest BCUT2D eigenvalue weighted by atomic mass is 16.4. The summed E-state index contributed by atoms with van der Waals surface area (Å²) in [6.07, 6.45) is 3.30. The number of carbonyl (C=O) groups excluding carboxylic acids is 3. The number of carbonyl (C=O) groups is 4. The summed E-state index contributed by atoms with van der Waals surface area (Å²) in [6, 6.07) is 5.43. The molecule has 0 radical (unpaired) electrons. The van der Waals surface area contributed by atoms with Crippen molar-refractivity contribution in [2.24, 2.45) is 17.2 Å². The zero-order valence-corrected chi connectivity index (χ0v) is 20.4. The first kappa shape index (κ1) is 30.0. The van der Waals surface area contributed by atoms with E-state index in [1.807, 2.05) is 30.3 Å². The summed E-state index contributed by atoms with van der Waals surface area (Å²) in [4.78, 5) is 49.5. The van der Waals surface area contributed by atoms with E-state index in [1.54, 1.807) is 0 Å². The van der Waals surface area contributed by atoms with Gasteiger partial charge in [0.25, 0.3) is 0 Å². The van der Waals surface area contributed by atoms with Gasteiger partial charge in [-0.2, -0.15) is 0 Å². The normalized spacial score (nSPS) is 14.3. The molecule has 11 heteroatoms. The first-order valence-electron chi connectivity index (χ1n) is 12.0. The Morgan fingerprint density at radius 2 is 1.34 bits per heavy atom. The molecule has 0 aromatic heterocycles. The van der Waals surface area contributed by atoms with Crippen LogP contribution in [0.25, 0.3) is 0 Å². The molecule has 10 N–H and O–H groups in total. The molecule has 0 fully saturated rings. The van der Waals surface area contributed by atoms with Crippen molar-refractivity contribution in [1.29, 1.82) is 0 Å². The number of benzene rings is 1. The summed E-state index contributed by atoms with van der Waals surface area (Å²) < 4.78 is 0. The van der Waals surface area contributed by atoms with Gasteiger partial charge in [0.2, 0.25) is 17.7 Å². The van der Waals surface area contributed by atoms with Gasteiger partial charge in [0, 0.05) is 0 Å². The van der Waals surface area contributed by atoms with Gasteiger partial charge < -0.3 is 38.3 Å². The molecule has 0 heterocycles. The molecule has 0 saturated carbocycles. The molecule has 0 aliphatic carbocycles. The maximum Gasteiger partial charge on any atom is 0.326 e. The van der Waals surface area contributed by atoms with Crippen LogP contribution in [0.3, 0.4) is 0 Å². The van der Waals surface area contributed by atoms with Gasteiger partial charge in [-0.05, 0) is 70.5 Å². The molecule has 35 heavy (non-hydrogen) atoms. The number of hydrogen-bond donors (Lipinski definition) is 7. The van der Waals surface area contributed by atoms with E-state index < -0.39 is 47.9 Å². The second-order valence-corrected chi connectivity index (χ2v) is 8.56. The number of aliphatic carboxylic acids is 1. The number of carboxylic acid groups (broad SMARTS) is 1. The summed E-state index contributed by atoms with van der Waals surface area (Å²) in [7, 11) is 0. The Kier molecular flexibility index (Phi) is 14.2. The fourth-order valence-corrected chi connectivity index (χ4v) is 3.43. The molecule has 0 bridgehead atoms. The average molecular weight is 493 g/mol. The summed E-state index contributed by atoms with van der Waals surface area (Å²) in [5.74, 6) is -2.83. The van der Waals surface area contributed by atoms with Crippen molar-refractivity contribution >= 4 is 23.7 Å². The highest BCUT2D eigenvalue weighted by molar-refractivity contribution is 5.93. The Bertz CT molecular complexity index is 807. The van der Waals surface area contributed by atoms with Crippen LogP contribution in [0.5, 0.6) is 0 Å². The summed E-state index contributed by atoms with van der Waals surface area (Å²) in [5.41, 5.74) is 17.9.